The first-order valence-corrected chi connectivity index (χ1v) is 8.00. The van der Waals surface area contributed by atoms with Gasteiger partial charge in [-0.2, -0.15) is 0 Å². The molecule has 7 heteroatoms. The minimum atomic E-state index is -3.53. The summed E-state index contributed by atoms with van der Waals surface area (Å²) in [6, 6.07) is 11.4. The van der Waals surface area contributed by atoms with E-state index in [1.165, 1.54) is 12.1 Å². The predicted molar refractivity (Wildman–Crippen MR) is 80.4 cm³/mol. The second kappa shape index (κ2) is 5.27. The van der Waals surface area contributed by atoms with Crippen LogP contribution in [0.4, 0.5) is 0 Å². The molecular formula is C15H12N2O4S. The fourth-order valence-corrected chi connectivity index (χ4v) is 2.98. The second-order valence-electron chi connectivity index (χ2n) is 4.84. The Balaban J connectivity index is 1.94. The number of aryl methyl sites for hydroxylation is 1. The van der Waals surface area contributed by atoms with E-state index in [9.17, 15) is 13.6 Å². The van der Waals surface area contributed by atoms with Crippen LogP contribution in [0, 0.1) is 12.1 Å². The average Bonchev–Trinajstić information content (AvgIpc) is 2.87. The van der Waals surface area contributed by atoms with Crippen LogP contribution < -0.4 is 4.90 Å². The van der Waals surface area contributed by atoms with Gasteiger partial charge < -0.3 is 5.21 Å². The van der Waals surface area contributed by atoms with Crippen molar-refractivity contribution >= 4 is 26.9 Å². The maximum atomic E-state index is 12.2. The van der Waals surface area contributed by atoms with Crippen molar-refractivity contribution in [3.05, 3.63) is 64.2 Å². The van der Waals surface area contributed by atoms with Crippen molar-refractivity contribution in [3.8, 4) is 0 Å². The highest BCUT2D eigenvalue weighted by molar-refractivity contribution is 7.94. The number of benzene rings is 2. The molecule has 0 bridgehead atoms. The molecule has 0 saturated carbocycles. The lowest BCUT2D eigenvalue weighted by atomic mass is 10.2. The second-order valence-corrected chi connectivity index (χ2v) is 6.67. The highest BCUT2D eigenvalue weighted by Crippen LogP contribution is 2.16. The van der Waals surface area contributed by atoms with Gasteiger partial charge in [0.25, 0.3) is 0 Å². The highest BCUT2D eigenvalue weighted by atomic mass is 32.2. The van der Waals surface area contributed by atoms with E-state index >= 15 is 0 Å². The van der Waals surface area contributed by atoms with Crippen LogP contribution in [0.3, 0.4) is 0 Å². The molecule has 0 radical (unpaired) electrons. The van der Waals surface area contributed by atoms with Gasteiger partial charge >= 0.3 is 0 Å². The molecule has 22 heavy (non-hydrogen) atoms. The first-order chi connectivity index (χ1) is 10.5. The molecule has 0 fully saturated rings. The Morgan fingerprint density at radius 2 is 1.91 bits per heavy atom. The normalized spacial score (nSPS) is 12.2. The van der Waals surface area contributed by atoms with Gasteiger partial charge in [0.1, 0.15) is 0 Å². The molecule has 3 aromatic rings. The highest BCUT2D eigenvalue weighted by Gasteiger charge is 2.11. The number of nitrogens with zero attached hydrogens (tertiary/aromatic N) is 2. The molecule has 0 N–H and O–H groups in total. The molecule has 6 nitrogen and oxygen atoms in total. The Bertz CT molecular complexity index is 957. The third kappa shape index (κ3) is 2.71. The van der Waals surface area contributed by atoms with E-state index in [0.29, 0.717) is 11.1 Å². The molecule has 3 rings (SSSR count). The van der Waals surface area contributed by atoms with E-state index in [1.807, 2.05) is 6.92 Å². The van der Waals surface area contributed by atoms with Gasteiger partial charge in [-0.25, -0.2) is 8.42 Å². The van der Waals surface area contributed by atoms with Gasteiger partial charge in [0.05, 0.1) is 4.90 Å². The van der Waals surface area contributed by atoms with E-state index in [4.69, 9.17) is 0 Å². The topological polar surface area (TPSA) is 87.1 Å². The summed E-state index contributed by atoms with van der Waals surface area (Å²) in [6.45, 7) is 1.89. The minimum Gasteiger partial charge on any atom is -0.359 e. The van der Waals surface area contributed by atoms with Crippen LogP contribution in [0.2, 0.25) is 0 Å². The van der Waals surface area contributed by atoms with Crippen LogP contribution in [0.1, 0.15) is 11.1 Å². The minimum absolute atomic E-state index is 0.222. The van der Waals surface area contributed by atoms with Crippen LogP contribution in [0.25, 0.3) is 17.1 Å². The molecule has 0 spiro atoms. The van der Waals surface area contributed by atoms with E-state index < -0.39 is 9.84 Å². The zero-order chi connectivity index (χ0) is 15.7. The summed E-state index contributed by atoms with van der Waals surface area (Å²) in [5, 5.41) is 16.0. The Hall–Kier alpha value is -2.67. The van der Waals surface area contributed by atoms with Gasteiger partial charge in [-0.15, -0.1) is 0 Å². The maximum absolute atomic E-state index is 12.2. The maximum Gasteiger partial charge on any atom is 0.248 e. The molecule has 0 saturated heterocycles. The van der Waals surface area contributed by atoms with Crippen molar-refractivity contribution in [1.82, 2.24) is 5.16 Å². The molecule has 0 aliphatic rings. The number of rotatable bonds is 3. The number of fused-ring (bicyclic) bond motifs is 1. The van der Waals surface area contributed by atoms with Gasteiger partial charge in [0.15, 0.2) is 9.84 Å². The standard InChI is InChI=1S/C15H12N2O4S/c1-11-2-5-13(6-3-11)22(19,20)9-8-12-4-7-14-15(10-12)17(18)21-16-14/h2-10H,1H3/b9-8-. The van der Waals surface area contributed by atoms with Crippen molar-refractivity contribution in [3.63, 3.8) is 0 Å². The summed E-state index contributed by atoms with van der Waals surface area (Å²) in [7, 11) is -3.53. The van der Waals surface area contributed by atoms with Crippen molar-refractivity contribution in [2.75, 3.05) is 0 Å². The molecule has 0 aliphatic heterocycles. The molecule has 1 heterocycles. The number of hydrogen-bond donors (Lipinski definition) is 0. The Labute approximate surface area is 126 Å². The lowest BCUT2D eigenvalue weighted by Gasteiger charge is -1.99. The molecule has 0 aliphatic carbocycles. The van der Waals surface area contributed by atoms with Crippen molar-refractivity contribution in [2.45, 2.75) is 11.8 Å². The summed E-state index contributed by atoms with van der Waals surface area (Å²) in [5.41, 5.74) is 2.21. The van der Waals surface area contributed by atoms with Crippen molar-refractivity contribution < 1.29 is 17.9 Å². The van der Waals surface area contributed by atoms with Gasteiger partial charge in [-0.05, 0) is 41.7 Å². The number of sulfone groups is 1. The quantitative estimate of drug-likeness (QED) is 0.691. The zero-order valence-electron chi connectivity index (χ0n) is 11.6. The SMILES string of the molecule is Cc1ccc(S(=O)(=O)/C=C\c2ccc3no[n+]([O-])c3c2)cc1. The third-order valence-corrected chi connectivity index (χ3v) is 4.62. The summed E-state index contributed by atoms with van der Waals surface area (Å²) < 4.78 is 28.9. The van der Waals surface area contributed by atoms with Crippen LogP contribution in [-0.2, 0) is 9.84 Å². The van der Waals surface area contributed by atoms with Gasteiger partial charge in [0, 0.05) is 16.6 Å². The monoisotopic (exact) mass is 316 g/mol. The summed E-state index contributed by atoms with van der Waals surface area (Å²) in [4.78, 5) is 0.500. The zero-order valence-corrected chi connectivity index (χ0v) is 12.4. The lowest BCUT2D eigenvalue weighted by molar-refractivity contribution is -0.782. The fourth-order valence-electron chi connectivity index (χ4n) is 1.97. The van der Waals surface area contributed by atoms with Crippen LogP contribution >= 0.6 is 0 Å². The first-order valence-electron chi connectivity index (χ1n) is 6.45. The van der Waals surface area contributed by atoms with Crippen LogP contribution in [0.15, 0.2) is 57.4 Å². The van der Waals surface area contributed by atoms with Crippen molar-refractivity contribution in [1.29, 1.82) is 0 Å². The molecule has 112 valence electrons. The van der Waals surface area contributed by atoms with Crippen LogP contribution in [0.5, 0.6) is 0 Å². The summed E-state index contributed by atoms with van der Waals surface area (Å²) in [6.07, 6.45) is 1.43. The number of hydrogen-bond acceptors (Lipinski definition) is 5. The Morgan fingerprint density at radius 1 is 1.18 bits per heavy atom. The van der Waals surface area contributed by atoms with E-state index in [0.717, 1.165) is 11.0 Å². The van der Waals surface area contributed by atoms with Gasteiger partial charge in [0.2, 0.25) is 11.0 Å². The summed E-state index contributed by atoms with van der Waals surface area (Å²) >= 11 is 0. The van der Waals surface area contributed by atoms with E-state index in [2.05, 4.69) is 9.79 Å². The van der Waals surface area contributed by atoms with Crippen molar-refractivity contribution in [2.24, 2.45) is 0 Å². The lowest BCUT2D eigenvalue weighted by Crippen LogP contribution is -2.22. The molecular weight excluding hydrogens is 304 g/mol. The van der Waals surface area contributed by atoms with Gasteiger partial charge in [-0.1, -0.05) is 23.8 Å². The van der Waals surface area contributed by atoms with E-state index in [1.54, 1.807) is 36.4 Å². The number of aromatic nitrogens is 2. The van der Waals surface area contributed by atoms with Crippen LogP contribution in [-0.4, -0.2) is 13.6 Å². The molecule has 1 aromatic heterocycles. The predicted octanol–water partition coefficient (Wildman–Crippen LogP) is 2.21. The Kier molecular flexibility index (Phi) is 3.42. The first kappa shape index (κ1) is 14.3. The van der Waals surface area contributed by atoms with Gasteiger partial charge in [-0.3, -0.25) is 4.63 Å². The molecule has 2 aromatic carbocycles. The average molecular weight is 316 g/mol. The smallest absolute Gasteiger partial charge is 0.248 e. The fraction of sp³-hybridized carbons (Fsp3) is 0.0667. The molecule has 0 unspecified atom stereocenters. The molecule has 0 atom stereocenters. The Morgan fingerprint density at radius 3 is 2.64 bits per heavy atom. The third-order valence-electron chi connectivity index (χ3n) is 3.20. The summed E-state index contributed by atoms with van der Waals surface area (Å²) in [5.74, 6) is 0. The molecule has 0 amide bonds. The largest absolute Gasteiger partial charge is 0.359 e. The van der Waals surface area contributed by atoms with E-state index in [-0.39, 0.29) is 15.3 Å².